The highest BCUT2D eigenvalue weighted by Gasteiger charge is 2.36. The molecule has 2 fully saturated rings. The Morgan fingerprint density at radius 3 is 2.62 bits per heavy atom. The third kappa shape index (κ3) is 5.76. The minimum absolute atomic E-state index is 0.0484. The lowest BCUT2D eigenvalue weighted by Crippen LogP contribution is -2.54. The fourth-order valence-electron chi connectivity index (χ4n) is 6.18. The van der Waals surface area contributed by atoms with Crippen molar-refractivity contribution in [3.63, 3.8) is 0 Å². The lowest BCUT2D eigenvalue weighted by molar-refractivity contribution is -0.137. The van der Waals surface area contributed by atoms with Crippen LogP contribution < -0.4 is 4.90 Å². The molecule has 0 aliphatic carbocycles. The zero-order chi connectivity index (χ0) is 27.7. The van der Waals surface area contributed by atoms with Gasteiger partial charge in [-0.25, -0.2) is 9.97 Å². The van der Waals surface area contributed by atoms with Crippen LogP contribution in [0.25, 0.3) is 0 Å². The molecule has 11 heteroatoms. The number of likely N-dealkylation sites (tertiary alicyclic amines) is 1. The van der Waals surface area contributed by atoms with Crippen LogP contribution in [0.1, 0.15) is 52.0 Å². The van der Waals surface area contributed by atoms with Crippen LogP contribution in [-0.2, 0) is 28.6 Å². The summed E-state index contributed by atoms with van der Waals surface area (Å²) in [5, 5.41) is 0. The summed E-state index contributed by atoms with van der Waals surface area (Å²) in [7, 11) is 3.86. The topological polar surface area (TPSA) is 71.0 Å². The molecular weight excluding hydrogens is 511 g/mol. The van der Waals surface area contributed by atoms with Crippen LogP contribution in [0.2, 0.25) is 0 Å². The second-order valence-corrected chi connectivity index (χ2v) is 10.7. The van der Waals surface area contributed by atoms with Gasteiger partial charge in [0.2, 0.25) is 0 Å². The SMILES string of the molecule is CO[C@@H]1COCC[C@@H]1N(C)C1CCN(C(=O)c2ncnc(N3CCc4ccc(C(F)(F)F)cc4C3)c2C)CC1. The van der Waals surface area contributed by atoms with Gasteiger partial charge in [0.05, 0.1) is 18.3 Å². The van der Waals surface area contributed by atoms with Gasteiger partial charge >= 0.3 is 6.18 Å². The number of carbonyl (C=O) groups excluding carboxylic acids is 1. The summed E-state index contributed by atoms with van der Waals surface area (Å²) in [4.78, 5) is 28.5. The van der Waals surface area contributed by atoms with E-state index >= 15 is 0 Å². The van der Waals surface area contributed by atoms with Crippen molar-refractivity contribution in [2.24, 2.45) is 0 Å². The van der Waals surface area contributed by atoms with E-state index in [9.17, 15) is 18.0 Å². The zero-order valence-electron chi connectivity index (χ0n) is 22.7. The molecule has 0 N–H and O–H groups in total. The number of carbonyl (C=O) groups is 1. The van der Waals surface area contributed by atoms with Gasteiger partial charge in [0.15, 0.2) is 0 Å². The Labute approximate surface area is 227 Å². The number of methoxy groups -OCH3 is 1. The number of hydrogen-bond acceptors (Lipinski definition) is 7. The fourth-order valence-corrected chi connectivity index (χ4v) is 6.18. The number of halogens is 3. The molecule has 0 radical (unpaired) electrons. The standard InChI is InChI=1S/C28H36F3N5O3/c1-18-25(27(37)35-11-7-22(8-12-35)34(2)23-9-13-39-16-24(23)38-3)32-17-33-26(18)36-10-6-19-4-5-21(28(29,30)31)14-20(19)15-36/h4-5,14,17,22-24H,6-13,15-16H2,1-3H3/t23-,24+/m0/s1. The van der Waals surface area contributed by atoms with Gasteiger partial charge in [-0.3, -0.25) is 9.69 Å². The molecule has 1 amide bonds. The highest BCUT2D eigenvalue weighted by molar-refractivity contribution is 5.94. The maximum atomic E-state index is 13.5. The van der Waals surface area contributed by atoms with Crippen molar-refractivity contribution in [1.29, 1.82) is 0 Å². The van der Waals surface area contributed by atoms with Gasteiger partial charge in [-0.1, -0.05) is 6.07 Å². The van der Waals surface area contributed by atoms with Gasteiger partial charge in [-0.05, 0) is 62.9 Å². The summed E-state index contributed by atoms with van der Waals surface area (Å²) in [6.07, 6.45) is 0.295. The number of fused-ring (bicyclic) bond motifs is 1. The number of ether oxygens (including phenoxy) is 2. The predicted molar refractivity (Wildman–Crippen MR) is 140 cm³/mol. The van der Waals surface area contributed by atoms with E-state index in [2.05, 4.69) is 21.9 Å². The Morgan fingerprint density at radius 2 is 1.90 bits per heavy atom. The Morgan fingerprint density at radius 1 is 1.13 bits per heavy atom. The summed E-state index contributed by atoms with van der Waals surface area (Å²) in [5.41, 5.74) is 1.90. The molecule has 1 aromatic heterocycles. The van der Waals surface area contributed by atoms with Crippen molar-refractivity contribution in [3.05, 3.63) is 52.5 Å². The predicted octanol–water partition coefficient (Wildman–Crippen LogP) is 3.71. The number of benzene rings is 1. The normalized spacial score (nSPS) is 22.7. The van der Waals surface area contributed by atoms with Crippen LogP contribution in [0, 0.1) is 6.92 Å². The van der Waals surface area contributed by atoms with E-state index in [4.69, 9.17) is 9.47 Å². The fraction of sp³-hybridized carbons (Fsp3) is 0.607. The molecule has 3 aliphatic rings. The lowest BCUT2D eigenvalue weighted by atomic mass is 9.96. The van der Waals surface area contributed by atoms with Crippen LogP contribution >= 0.6 is 0 Å². The van der Waals surface area contributed by atoms with Crippen molar-refractivity contribution < 1.29 is 27.4 Å². The first-order valence-corrected chi connectivity index (χ1v) is 13.5. The number of amides is 1. The largest absolute Gasteiger partial charge is 0.416 e. The van der Waals surface area contributed by atoms with Crippen LogP contribution in [0.5, 0.6) is 0 Å². The Kier molecular flexibility index (Phi) is 8.11. The first-order chi connectivity index (χ1) is 18.7. The first-order valence-electron chi connectivity index (χ1n) is 13.5. The molecule has 4 heterocycles. The highest BCUT2D eigenvalue weighted by atomic mass is 19.4. The number of anilines is 1. The molecule has 2 saturated heterocycles. The lowest BCUT2D eigenvalue weighted by Gasteiger charge is -2.44. The summed E-state index contributed by atoms with van der Waals surface area (Å²) in [6.45, 7) is 5.32. The first kappa shape index (κ1) is 27.8. The molecular formula is C28H36F3N5O3. The number of likely N-dealkylation sites (N-methyl/N-ethyl adjacent to an activating group) is 1. The average Bonchev–Trinajstić information content (AvgIpc) is 2.95. The van der Waals surface area contributed by atoms with E-state index in [1.807, 2.05) is 16.7 Å². The van der Waals surface area contributed by atoms with Gasteiger partial charge in [-0.2, -0.15) is 13.2 Å². The smallest absolute Gasteiger partial charge is 0.379 e. The number of hydrogen-bond donors (Lipinski definition) is 0. The summed E-state index contributed by atoms with van der Waals surface area (Å²) >= 11 is 0. The maximum absolute atomic E-state index is 13.5. The summed E-state index contributed by atoms with van der Waals surface area (Å²) in [5.74, 6) is 0.464. The quantitative estimate of drug-likeness (QED) is 0.565. The minimum atomic E-state index is -4.39. The van der Waals surface area contributed by atoms with Gasteiger partial charge in [0.1, 0.15) is 17.8 Å². The number of alkyl halides is 3. The van der Waals surface area contributed by atoms with E-state index in [0.29, 0.717) is 73.9 Å². The van der Waals surface area contributed by atoms with Crippen LogP contribution in [0.4, 0.5) is 19.0 Å². The molecule has 1 aromatic carbocycles. The maximum Gasteiger partial charge on any atom is 0.416 e. The molecule has 39 heavy (non-hydrogen) atoms. The molecule has 0 spiro atoms. The molecule has 0 unspecified atom stereocenters. The van der Waals surface area contributed by atoms with Crippen LogP contribution in [-0.4, -0.2) is 90.9 Å². The highest BCUT2D eigenvalue weighted by Crippen LogP contribution is 2.34. The van der Waals surface area contributed by atoms with Crippen LogP contribution in [0.15, 0.2) is 24.5 Å². The number of nitrogens with zero attached hydrogens (tertiary/aromatic N) is 5. The molecule has 0 bridgehead atoms. The van der Waals surface area contributed by atoms with E-state index in [1.165, 1.54) is 12.4 Å². The Bertz CT molecular complexity index is 1190. The van der Waals surface area contributed by atoms with Crippen molar-refractivity contribution in [3.8, 4) is 0 Å². The number of aromatic nitrogens is 2. The third-order valence-corrected chi connectivity index (χ3v) is 8.53. The molecule has 5 rings (SSSR count). The van der Waals surface area contributed by atoms with Crippen molar-refractivity contribution in [2.75, 3.05) is 51.9 Å². The molecule has 3 aliphatic heterocycles. The van der Waals surface area contributed by atoms with Crippen molar-refractivity contribution in [1.82, 2.24) is 19.8 Å². The third-order valence-electron chi connectivity index (χ3n) is 8.53. The van der Waals surface area contributed by atoms with Crippen molar-refractivity contribution in [2.45, 2.75) is 63.5 Å². The average molecular weight is 548 g/mol. The molecule has 0 saturated carbocycles. The summed E-state index contributed by atoms with van der Waals surface area (Å²) in [6, 6.07) is 4.58. The van der Waals surface area contributed by atoms with Gasteiger partial charge < -0.3 is 19.3 Å². The van der Waals surface area contributed by atoms with Crippen molar-refractivity contribution >= 4 is 11.7 Å². The Balaban J connectivity index is 1.26. The zero-order valence-corrected chi connectivity index (χ0v) is 22.7. The molecule has 2 atom stereocenters. The van der Waals surface area contributed by atoms with Gasteiger partial charge in [0.25, 0.3) is 5.91 Å². The Hall–Kier alpha value is -2.76. The number of rotatable bonds is 5. The molecule has 2 aromatic rings. The second-order valence-electron chi connectivity index (χ2n) is 10.7. The monoisotopic (exact) mass is 547 g/mol. The van der Waals surface area contributed by atoms with Gasteiger partial charge in [0, 0.05) is 57.5 Å². The van der Waals surface area contributed by atoms with E-state index in [-0.39, 0.29) is 12.0 Å². The summed E-state index contributed by atoms with van der Waals surface area (Å²) < 4.78 is 51.0. The van der Waals surface area contributed by atoms with Crippen LogP contribution in [0.3, 0.4) is 0 Å². The molecule has 8 nitrogen and oxygen atoms in total. The van der Waals surface area contributed by atoms with E-state index in [1.54, 1.807) is 13.2 Å². The minimum Gasteiger partial charge on any atom is -0.379 e. The second kappa shape index (κ2) is 11.4. The van der Waals surface area contributed by atoms with Gasteiger partial charge in [-0.15, -0.1) is 0 Å². The van der Waals surface area contributed by atoms with E-state index in [0.717, 1.165) is 37.5 Å². The molecule has 212 valence electrons. The van der Waals surface area contributed by atoms with E-state index < -0.39 is 11.7 Å². The number of piperidine rings is 1.